The van der Waals surface area contributed by atoms with Gasteiger partial charge in [-0.15, -0.1) is 0 Å². The first-order valence-electron chi connectivity index (χ1n) is 5.83. The summed E-state index contributed by atoms with van der Waals surface area (Å²) >= 11 is 0. The molecule has 2 aliphatic heterocycles. The van der Waals surface area contributed by atoms with Gasteiger partial charge in [0.1, 0.15) is 5.54 Å². The van der Waals surface area contributed by atoms with Crippen LogP contribution in [-0.2, 0) is 14.3 Å². The molecule has 92 valence electrons. The van der Waals surface area contributed by atoms with Crippen LogP contribution in [0.4, 0.5) is 0 Å². The molecule has 1 N–H and O–H groups in total. The topological polar surface area (TPSA) is 59.0 Å². The highest BCUT2D eigenvalue weighted by Crippen LogP contribution is 2.30. The molecular formula is C11H19NO4. The first-order valence-corrected chi connectivity index (χ1v) is 5.83. The number of hydrogen-bond acceptors (Lipinski definition) is 4. The molecule has 0 bridgehead atoms. The molecule has 16 heavy (non-hydrogen) atoms. The Hall–Kier alpha value is -0.650. The number of carbonyl (C=O) groups is 1. The maximum atomic E-state index is 11.5. The van der Waals surface area contributed by atoms with Crippen LogP contribution in [0.15, 0.2) is 0 Å². The van der Waals surface area contributed by atoms with E-state index in [1.165, 1.54) is 0 Å². The van der Waals surface area contributed by atoms with Crippen molar-refractivity contribution in [2.45, 2.75) is 31.4 Å². The highest BCUT2D eigenvalue weighted by atomic mass is 16.5. The Morgan fingerprint density at radius 3 is 2.62 bits per heavy atom. The third-order valence-corrected chi connectivity index (χ3v) is 3.56. The van der Waals surface area contributed by atoms with Crippen molar-refractivity contribution < 1.29 is 19.4 Å². The third kappa shape index (κ3) is 2.07. The molecule has 5 nitrogen and oxygen atoms in total. The highest BCUT2D eigenvalue weighted by molar-refractivity contribution is 5.79. The van der Waals surface area contributed by atoms with Crippen molar-refractivity contribution in [3.63, 3.8) is 0 Å². The van der Waals surface area contributed by atoms with Crippen LogP contribution >= 0.6 is 0 Å². The number of aliphatic carboxylic acids is 1. The number of ether oxygens (including phenoxy) is 2. The Balaban J connectivity index is 2.14. The lowest BCUT2D eigenvalue weighted by molar-refractivity contribution is -0.166. The van der Waals surface area contributed by atoms with E-state index in [0.717, 1.165) is 0 Å². The maximum absolute atomic E-state index is 11.5. The van der Waals surface area contributed by atoms with Crippen molar-refractivity contribution in [1.29, 1.82) is 0 Å². The predicted molar refractivity (Wildman–Crippen MR) is 57.4 cm³/mol. The zero-order valence-electron chi connectivity index (χ0n) is 9.65. The summed E-state index contributed by atoms with van der Waals surface area (Å²) in [4.78, 5) is 13.6. The summed E-state index contributed by atoms with van der Waals surface area (Å²) in [5.74, 6) is -0.718. The summed E-state index contributed by atoms with van der Waals surface area (Å²) < 4.78 is 10.7. The number of carboxylic acids is 1. The fourth-order valence-corrected chi connectivity index (χ4v) is 2.58. The van der Waals surface area contributed by atoms with Crippen LogP contribution in [0, 0.1) is 0 Å². The largest absolute Gasteiger partial charge is 0.480 e. The summed E-state index contributed by atoms with van der Waals surface area (Å²) in [5.41, 5.74) is -0.726. The molecule has 1 unspecified atom stereocenters. The molecule has 0 aromatic heterocycles. The minimum atomic E-state index is -0.726. The Labute approximate surface area is 95.3 Å². The van der Waals surface area contributed by atoms with Crippen molar-refractivity contribution in [3.8, 4) is 0 Å². The van der Waals surface area contributed by atoms with E-state index >= 15 is 0 Å². The van der Waals surface area contributed by atoms with E-state index in [1.54, 1.807) is 0 Å². The van der Waals surface area contributed by atoms with Gasteiger partial charge in [0.2, 0.25) is 0 Å². The lowest BCUT2D eigenvalue weighted by Crippen LogP contribution is -2.61. The van der Waals surface area contributed by atoms with E-state index in [1.807, 2.05) is 6.92 Å². The quantitative estimate of drug-likeness (QED) is 0.740. The Morgan fingerprint density at radius 1 is 1.38 bits per heavy atom. The smallest absolute Gasteiger partial charge is 0.324 e. The number of hydrogen-bond donors (Lipinski definition) is 1. The summed E-state index contributed by atoms with van der Waals surface area (Å²) in [6.45, 7) is 5.09. The first kappa shape index (κ1) is 11.8. The van der Waals surface area contributed by atoms with Crippen LogP contribution in [0.1, 0.15) is 19.8 Å². The molecule has 2 heterocycles. The number of carboxylic acid groups (broad SMARTS) is 1. The zero-order valence-corrected chi connectivity index (χ0v) is 9.65. The molecule has 0 spiro atoms. The fourth-order valence-electron chi connectivity index (χ4n) is 2.58. The molecule has 0 aromatic rings. The highest BCUT2D eigenvalue weighted by Gasteiger charge is 2.46. The Morgan fingerprint density at radius 2 is 2.06 bits per heavy atom. The second kappa shape index (κ2) is 4.69. The van der Waals surface area contributed by atoms with Crippen molar-refractivity contribution in [2.75, 3.05) is 32.9 Å². The van der Waals surface area contributed by atoms with Gasteiger partial charge in [-0.2, -0.15) is 0 Å². The van der Waals surface area contributed by atoms with Gasteiger partial charge in [-0.05, 0) is 19.8 Å². The summed E-state index contributed by atoms with van der Waals surface area (Å²) in [6, 6.07) is 0. The molecule has 0 aliphatic carbocycles. The summed E-state index contributed by atoms with van der Waals surface area (Å²) in [7, 11) is 0. The number of rotatable bonds is 2. The van der Waals surface area contributed by atoms with Gasteiger partial charge in [0, 0.05) is 26.3 Å². The molecule has 2 rings (SSSR count). The second-order valence-corrected chi connectivity index (χ2v) is 4.58. The van der Waals surface area contributed by atoms with Crippen LogP contribution < -0.4 is 0 Å². The molecule has 0 aromatic carbocycles. The standard InChI is InChI=1S/C11H19NO4/c1-9-8-12(4-7-16-9)11(10(13)14)2-5-15-6-3-11/h9H,2-8H2,1H3,(H,13,14). The molecule has 0 radical (unpaired) electrons. The van der Waals surface area contributed by atoms with E-state index in [0.29, 0.717) is 45.8 Å². The first-order chi connectivity index (χ1) is 7.65. The van der Waals surface area contributed by atoms with Crippen LogP contribution in [0.2, 0.25) is 0 Å². The third-order valence-electron chi connectivity index (χ3n) is 3.56. The lowest BCUT2D eigenvalue weighted by Gasteiger charge is -2.45. The van der Waals surface area contributed by atoms with Crippen LogP contribution in [-0.4, -0.2) is 60.5 Å². The van der Waals surface area contributed by atoms with Crippen molar-refractivity contribution in [3.05, 3.63) is 0 Å². The molecule has 0 saturated carbocycles. The Bertz CT molecular complexity index is 263. The average molecular weight is 229 g/mol. The van der Waals surface area contributed by atoms with E-state index in [9.17, 15) is 9.90 Å². The number of nitrogens with zero attached hydrogens (tertiary/aromatic N) is 1. The molecule has 2 aliphatic rings. The predicted octanol–water partition coefficient (Wildman–Crippen LogP) is 0.341. The van der Waals surface area contributed by atoms with Gasteiger partial charge in [0.25, 0.3) is 0 Å². The van der Waals surface area contributed by atoms with E-state index < -0.39 is 11.5 Å². The minimum absolute atomic E-state index is 0.118. The molecular weight excluding hydrogens is 210 g/mol. The fraction of sp³-hybridized carbons (Fsp3) is 0.909. The zero-order chi connectivity index (χ0) is 11.6. The van der Waals surface area contributed by atoms with Crippen molar-refractivity contribution in [1.82, 2.24) is 4.90 Å². The van der Waals surface area contributed by atoms with Gasteiger partial charge in [-0.1, -0.05) is 0 Å². The van der Waals surface area contributed by atoms with Gasteiger partial charge in [-0.3, -0.25) is 9.69 Å². The van der Waals surface area contributed by atoms with E-state index in [-0.39, 0.29) is 6.10 Å². The van der Waals surface area contributed by atoms with Gasteiger partial charge in [0.15, 0.2) is 0 Å². The average Bonchev–Trinajstić information content (AvgIpc) is 2.30. The molecule has 5 heteroatoms. The van der Waals surface area contributed by atoms with Crippen LogP contribution in [0.3, 0.4) is 0 Å². The second-order valence-electron chi connectivity index (χ2n) is 4.58. The minimum Gasteiger partial charge on any atom is -0.480 e. The normalized spacial score (nSPS) is 31.2. The van der Waals surface area contributed by atoms with Gasteiger partial charge < -0.3 is 14.6 Å². The summed E-state index contributed by atoms with van der Waals surface area (Å²) in [5, 5.41) is 9.49. The lowest BCUT2D eigenvalue weighted by atomic mass is 9.87. The molecule has 2 fully saturated rings. The maximum Gasteiger partial charge on any atom is 0.324 e. The van der Waals surface area contributed by atoms with Gasteiger partial charge in [-0.25, -0.2) is 0 Å². The van der Waals surface area contributed by atoms with Crippen molar-refractivity contribution >= 4 is 5.97 Å². The van der Waals surface area contributed by atoms with Crippen molar-refractivity contribution in [2.24, 2.45) is 0 Å². The molecule has 0 amide bonds. The van der Waals surface area contributed by atoms with Crippen LogP contribution in [0.5, 0.6) is 0 Å². The van der Waals surface area contributed by atoms with E-state index in [4.69, 9.17) is 9.47 Å². The number of morpholine rings is 1. The Kier molecular flexibility index (Phi) is 3.47. The molecule has 1 atom stereocenters. The van der Waals surface area contributed by atoms with Gasteiger partial charge >= 0.3 is 5.97 Å². The van der Waals surface area contributed by atoms with E-state index in [2.05, 4.69) is 4.90 Å². The van der Waals surface area contributed by atoms with Gasteiger partial charge in [0.05, 0.1) is 12.7 Å². The summed E-state index contributed by atoms with van der Waals surface area (Å²) in [6.07, 6.45) is 1.28. The monoisotopic (exact) mass is 229 g/mol. The SMILES string of the molecule is CC1CN(C2(C(=O)O)CCOCC2)CCO1. The molecule has 2 saturated heterocycles. The van der Waals surface area contributed by atoms with Crippen LogP contribution in [0.25, 0.3) is 0 Å².